The Morgan fingerprint density at radius 3 is 2.44 bits per heavy atom. The summed E-state index contributed by atoms with van der Waals surface area (Å²) in [6.45, 7) is 4.06. The normalized spacial score (nSPS) is 11.1. The van der Waals surface area contributed by atoms with E-state index in [9.17, 15) is 0 Å². The van der Waals surface area contributed by atoms with Gasteiger partial charge in [-0.2, -0.15) is 0 Å². The van der Waals surface area contributed by atoms with Crippen LogP contribution in [0.3, 0.4) is 0 Å². The van der Waals surface area contributed by atoms with Crippen LogP contribution in [0.4, 0.5) is 0 Å². The van der Waals surface area contributed by atoms with Gasteiger partial charge in [0.1, 0.15) is 10.7 Å². The lowest BCUT2D eigenvalue weighted by molar-refractivity contribution is 1.05. The molecule has 0 spiro atoms. The first kappa shape index (κ1) is 11.6. The van der Waals surface area contributed by atoms with E-state index in [1.165, 1.54) is 4.88 Å². The Kier molecular flexibility index (Phi) is 2.76. The molecule has 0 aliphatic carbocycles. The van der Waals surface area contributed by atoms with Gasteiger partial charge in [-0.1, -0.05) is 35.9 Å². The number of hydrogen-bond acceptors (Lipinski definition) is 4. The number of hydrogen-bond donors (Lipinski definition) is 0. The fraction of sp³-hybridized carbons (Fsp3) is 0.154. The van der Waals surface area contributed by atoms with Gasteiger partial charge in [-0.3, -0.25) is 0 Å². The highest BCUT2D eigenvalue weighted by atomic mass is 35.5. The van der Waals surface area contributed by atoms with Crippen molar-refractivity contribution in [3.05, 3.63) is 40.0 Å². The summed E-state index contributed by atoms with van der Waals surface area (Å²) < 4.78 is 0. The van der Waals surface area contributed by atoms with E-state index in [2.05, 4.69) is 22.1 Å². The van der Waals surface area contributed by atoms with E-state index in [4.69, 9.17) is 11.6 Å². The zero-order chi connectivity index (χ0) is 12.7. The minimum Gasteiger partial charge on any atom is -0.239 e. The fourth-order valence-corrected chi connectivity index (χ4v) is 2.92. The Morgan fingerprint density at radius 2 is 1.78 bits per heavy atom. The molecule has 1 aromatic carbocycles. The molecule has 18 heavy (non-hydrogen) atoms. The standard InChI is InChI=1S/C13H10ClN3S/c1-7-8(2)18-13(15-7)11-9-5-3-4-6-10(9)12(14)17-16-11/h3-6H,1-2H3. The lowest BCUT2D eigenvalue weighted by atomic mass is 10.1. The number of thiazole rings is 1. The van der Waals surface area contributed by atoms with E-state index in [1.807, 2.05) is 31.2 Å². The van der Waals surface area contributed by atoms with Gasteiger partial charge >= 0.3 is 0 Å². The SMILES string of the molecule is Cc1nc(-c2nnc(Cl)c3ccccc23)sc1C. The van der Waals surface area contributed by atoms with E-state index in [0.29, 0.717) is 5.15 Å². The van der Waals surface area contributed by atoms with Gasteiger partial charge in [0, 0.05) is 15.6 Å². The molecule has 0 aliphatic heterocycles. The molecule has 0 amide bonds. The summed E-state index contributed by atoms with van der Waals surface area (Å²) in [6, 6.07) is 7.86. The molecule has 0 unspecified atom stereocenters. The largest absolute Gasteiger partial charge is 0.239 e. The summed E-state index contributed by atoms with van der Waals surface area (Å²) in [7, 11) is 0. The second-order valence-electron chi connectivity index (χ2n) is 4.05. The minimum atomic E-state index is 0.430. The summed E-state index contributed by atoms with van der Waals surface area (Å²) in [4.78, 5) is 5.73. The molecule has 0 radical (unpaired) electrons. The summed E-state index contributed by atoms with van der Waals surface area (Å²) in [5, 5.41) is 11.4. The first-order valence-electron chi connectivity index (χ1n) is 5.52. The van der Waals surface area contributed by atoms with Crippen molar-refractivity contribution in [2.24, 2.45) is 0 Å². The van der Waals surface area contributed by atoms with Crippen molar-refractivity contribution in [2.45, 2.75) is 13.8 Å². The molecule has 0 saturated heterocycles. The zero-order valence-corrected chi connectivity index (χ0v) is 11.5. The molecule has 3 rings (SSSR count). The quantitative estimate of drug-likeness (QED) is 0.673. The molecule has 0 fully saturated rings. The molecule has 0 N–H and O–H groups in total. The van der Waals surface area contributed by atoms with E-state index in [0.717, 1.165) is 27.2 Å². The van der Waals surface area contributed by atoms with Crippen LogP contribution in [0.1, 0.15) is 10.6 Å². The monoisotopic (exact) mass is 275 g/mol. The summed E-state index contributed by atoms with van der Waals surface area (Å²) in [5.41, 5.74) is 1.84. The van der Waals surface area contributed by atoms with Crippen LogP contribution >= 0.6 is 22.9 Å². The number of benzene rings is 1. The van der Waals surface area contributed by atoms with Gasteiger partial charge < -0.3 is 0 Å². The second-order valence-corrected chi connectivity index (χ2v) is 5.61. The highest BCUT2D eigenvalue weighted by Gasteiger charge is 2.13. The number of aromatic nitrogens is 3. The average Bonchev–Trinajstić information content (AvgIpc) is 2.70. The van der Waals surface area contributed by atoms with Crippen LogP contribution in [0.15, 0.2) is 24.3 Å². The van der Waals surface area contributed by atoms with Gasteiger partial charge in [0.2, 0.25) is 0 Å². The van der Waals surface area contributed by atoms with Crippen molar-refractivity contribution in [1.82, 2.24) is 15.2 Å². The molecule has 0 aliphatic rings. The lowest BCUT2D eigenvalue weighted by Crippen LogP contribution is -1.91. The van der Waals surface area contributed by atoms with Gasteiger partial charge in [0.05, 0.1) is 5.69 Å². The van der Waals surface area contributed by atoms with E-state index < -0.39 is 0 Å². The topological polar surface area (TPSA) is 38.7 Å². The van der Waals surface area contributed by atoms with Crippen molar-refractivity contribution in [3.63, 3.8) is 0 Å². The van der Waals surface area contributed by atoms with Crippen molar-refractivity contribution >= 4 is 33.7 Å². The first-order valence-corrected chi connectivity index (χ1v) is 6.71. The maximum Gasteiger partial charge on any atom is 0.159 e. The number of aryl methyl sites for hydroxylation is 2. The van der Waals surface area contributed by atoms with E-state index in [-0.39, 0.29) is 0 Å². The van der Waals surface area contributed by atoms with E-state index in [1.54, 1.807) is 11.3 Å². The Balaban J connectivity index is 2.33. The van der Waals surface area contributed by atoms with Crippen molar-refractivity contribution in [3.8, 4) is 10.7 Å². The van der Waals surface area contributed by atoms with Gasteiger partial charge in [-0.25, -0.2) is 4.98 Å². The maximum absolute atomic E-state index is 6.06. The molecule has 2 aromatic heterocycles. The highest BCUT2D eigenvalue weighted by molar-refractivity contribution is 7.15. The summed E-state index contributed by atoms with van der Waals surface area (Å²) in [6.07, 6.45) is 0. The Bertz CT molecular complexity index is 717. The maximum atomic E-state index is 6.06. The third kappa shape index (κ3) is 1.78. The van der Waals surface area contributed by atoms with Gasteiger partial charge in [-0.15, -0.1) is 21.5 Å². The average molecular weight is 276 g/mol. The Hall–Kier alpha value is -1.52. The molecule has 3 aromatic rings. The Labute approximate surface area is 113 Å². The number of nitrogens with zero attached hydrogens (tertiary/aromatic N) is 3. The molecule has 0 bridgehead atoms. The molecule has 5 heteroatoms. The van der Waals surface area contributed by atoms with Crippen LogP contribution in [0, 0.1) is 13.8 Å². The van der Waals surface area contributed by atoms with Crippen LogP contribution in [0.2, 0.25) is 5.15 Å². The Morgan fingerprint density at radius 1 is 1.06 bits per heavy atom. The van der Waals surface area contributed by atoms with Gasteiger partial charge in [0.15, 0.2) is 5.15 Å². The predicted octanol–water partition coefficient (Wildman–Crippen LogP) is 4.02. The molecular weight excluding hydrogens is 266 g/mol. The van der Waals surface area contributed by atoms with Gasteiger partial charge in [0.25, 0.3) is 0 Å². The number of halogens is 1. The molecule has 2 heterocycles. The molecule has 0 atom stereocenters. The number of rotatable bonds is 1. The third-order valence-electron chi connectivity index (χ3n) is 2.87. The summed E-state index contributed by atoms with van der Waals surface area (Å²) in [5.74, 6) is 0. The fourth-order valence-electron chi connectivity index (χ4n) is 1.80. The minimum absolute atomic E-state index is 0.430. The van der Waals surface area contributed by atoms with Crippen LogP contribution in [-0.2, 0) is 0 Å². The summed E-state index contributed by atoms with van der Waals surface area (Å²) >= 11 is 7.69. The van der Waals surface area contributed by atoms with Crippen LogP contribution in [0.25, 0.3) is 21.5 Å². The second kappa shape index (κ2) is 4.30. The van der Waals surface area contributed by atoms with Gasteiger partial charge in [-0.05, 0) is 13.8 Å². The molecule has 0 saturated carbocycles. The lowest BCUT2D eigenvalue weighted by Gasteiger charge is -2.02. The van der Waals surface area contributed by atoms with Crippen molar-refractivity contribution in [2.75, 3.05) is 0 Å². The smallest absolute Gasteiger partial charge is 0.159 e. The molecule has 90 valence electrons. The van der Waals surface area contributed by atoms with Crippen molar-refractivity contribution < 1.29 is 0 Å². The van der Waals surface area contributed by atoms with E-state index >= 15 is 0 Å². The van der Waals surface area contributed by atoms with Crippen LogP contribution in [0.5, 0.6) is 0 Å². The first-order chi connectivity index (χ1) is 8.66. The third-order valence-corrected chi connectivity index (χ3v) is 4.23. The number of fused-ring (bicyclic) bond motifs is 1. The zero-order valence-electron chi connectivity index (χ0n) is 9.94. The molecule has 3 nitrogen and oxygen atoms in total. The van der Waals surface area contributed by atoms with Crippen molar-refractivity contribution in [1.29, 1.82) is 0 Å². The van der Waals surface area contributed by atoms with Crippen LogP contribution in [-0.4, -0.2) is 15.2 Å². The predicted molar refractivity (Wildman–Crippen MR) is 75.1 cm³/mol. The highest BCUT2D eigenvalue weighted by Crippen LogP contribution is 2.32. The van der Waals surface area contributed by atoms with Crippen LogP contribution < -0.4 is 0 Å². The molecular formula is C13H10ClN3S.